The average molecular weight is 345 g/mol. The number of hydrogen-bond acceptors (Lipinski definition) is 7. The first kappa shape index (κ1) is 16.0. The number of rotatable bonds is 4. The Bertz CT molecular complexity index is 670. The molecule has 0 amide bonds. The summed E-state index contributed by atoms with van der Waals surface area (Å²) in [6, 6.07) is 4.37. The van der Waals surface area contributed by atoms with Crippen molar-refractivity contribution >= 4 is 45.5 Å². The van der Waals surface area contributed by atoms with Gasteiger partial charge in [-0.15, -0.1) is 10.2 Å². The molecule has 0 aliphatic carbocycles. The Balaban J connectivity index is 2.14. The van der Waals surface area contributed by atoms with Gasteiger partial charge in [0.15, 0.2) is 4.34 Å². The molecule has 1 aromatic heterocycles. The zero-order valence-electron chi connectivity index (χ0n) is 11.6. The molecule has 1 N–H and O–H groups in total. The Kier molecular flexibility index (Phi) is 4.70. The Morgan fingerprint density at radius 2 is 2.10 bits per heavy atom. The molecule has 0 aliphatic heterocycles. The van der Waals surface area contributed by atoms with Gasteiger partial charge >= 0.3 is 0 Å². The highest BCUT2D eigenvalue weighted by Crippen LogP contribution is 2.37. The molecule has 0 unspecified atom stereocenters. The second kappa shape index (κ2) is 6.17. The molecule has 0 saturated heterocycles. The topological polar surface area (TPSA) is 81.0 Å². The zero-order valence-corrected chi connectivity index (χ0v) is 14.0. The molecule has 0 saturated carbocycles. The van der Waals surface area contributed by atoms with Gasteiger partial charge in [0.25, 0.3) is 5.69 Å². The molecule has 0 bridgehead atoms. The van der Waals surface area contributed by atoms with Gasteiger partial charge < -0.3 is 5.32 Å². The summed E-state index contributed by atoms with van der Waals surface area (Å²) in [6.45, 7) is 6.11. The third-order valence-electron chi connectivity index (χ3n) is 2.21. The summed E-state index contributed by atoms with van der Waals surface area (Å²) in [6.07, 6.45) is 0. The maximum atomic E-state index is 10.7. The summed E-state index contributed by atoms with van der Waals surface area (Å²) in [7, 11) is 0. The minimum Gasteiger partial charge on any atom is -0.355 e. The molecular formula is C12H13ClN4O2S2. The highest BCUT2D eigenvalue weighted by molar-refractivity contribution is 8.01. The van der Waals surface area contributed by atoms with Crippen molar-refractivity contribution in [3.63, 3.8) is 0 Å². The number of nitro groups is 1. The molecule has 0 aliphatic rings. The molecule has 6 nitrogen and oxygen atoms in total. The van der Waals surface area contributed by atoms with Crippen LogP contribution in [0.4, 0.5) is 10.8 Å². The van der Waals surface area contributed by atoms with Crippen LogP contribution in [0.2, 0.25) is 5.02 Å². The Morgan fingerprint density at radius 3 is 2.67 bits per heavy atom. The molecule has 2 rings (SSSR count). The van der Waals surface area contributed by atoms with Crippen LogP contribution in [0.3, 0.4) is 0 Å². The van der Waals surface area contributed by atoms with Crippen LogP contribution in [0.5, 0.6) is 0 Å². The lowest BCUT2D eigenvalue weighted by Crippen LogP contribution is -2.25. The Labute approximate surface area is 135 Å². The average Bonchev–Trinajstić information content (AvgIpc) is 2.76. The minimum atomic E-state index is -0.476. The van der Waals surface area contributed by atoms with Crippen LogP contribution in [0.25, 0.3) is 0 Å². The fraction of sp³-hybridized carbons (Fsp3) is 0.333. The smallest absolute Gasteiger partial charge is 0.270 e. The van der Waals surface area contributed by atoms with Gasteiger partial charge in [-0.05, 0) is 26.8 Å². The molecule has 1 heterocycles. The third kappa shape index (κ3) is 4.55. The van der Waals surface area contributed by atoms with Crippen molar-refractivity contribution in [3.05, 3.63) is 33.3 Å². The van der Waals surface area contributed by atoms with E-state index in [0.29, 0.717) is 9.92 Å². The van der Waals surface area contributed by atoms with Gasteiger partial charge in [0.1, 0.15) is 0 Å². The zero-order chi connectivity index (χ0) is 15.6. The second-order valence-corrected chi connectivity index (χ2v) is 7.90. The standard InChI is InChI=1S/C12H13ClN4O2S2/c1-12(2,3)14-10-15-16-11(21-10)20-9-5-4-7(17(18)19)6-8(9)13/h4-6H,1-3H3,(H,14,15). The summed E-state index contributed by atoms with van der Waals surface area (Å²) in [5.74, 6) is 0. The fourth-order valence-electron chi connectivity index (χ4n) is 1.40. The summed E-state index contributed by atoms with van der Waals surface area (Å²) in [5.41, 5.74) is -0.122. The molecule has 21 heavy (non-hydrogen) atoms. The van der Waals surface area contributed by atoms with Gasteiger partial charge in [-0.1, -0.05) is 34.7 Å². The Hall–Kier alpha value is -1.38. The van der Waals surface area contributed by atoms with Gasteiger partial charge in [-0.25, -0.2) is 0 Å². The van der Waals surface area contributed by atoms with Crippen LogP contribution in [-0.4, -0.2) is 20.7 Å². The molecule has 112 valence electrons. The van der Waals surface area contributed by atoms with E-state index in [1.165, 1.54) is 35.2 Å². The maximum Gasteiger partial charge on any atom is 0.270 e. The molecule has 0 radical (unpaired) electrons. The maximum absolute atomic E-state index is 10.7. The monoisotopic (exact) mass is 344 g/mol. The van der Waals surface area contributed by atoms with Gasteiger partial charge in [-0.2, -0.15) is 0 Å². The van der Waals surface area contributed by atoms with Crippen molar-refractivity contribution in [2.24, 2.45) is 0 Å². The fourth-order valence-corrected chi connectivity index (χ4v) is 3.61. The van der Waals surface area contributed by atoms with Crippen molar-refractivity contribution in [2.75, 3.05) is 5.32 Å². The largest absolute Gasteiger partial charge is 0.355 e. The number of nitrogens with zero attached hydrogens (tertiary/aromatic N) is 3. The van der Waals surface area contributed by atoms with Crippen LogP contribution < -0.4 is 5.32 Å². The first-order chi connectivity index (χ1) is 9.74. The van der Waals surface area contributed by atoms with Crippen LogP contribution in [0.15, 0.2) is 27.4 Å². The third-order valence-corrected chi connectivity index (χ3v) is 4.60. The normalized spacial score (nSPS) is 11.4. The number of benzene rings is 1. The van der Waals surface area contributed by atoms with Gasteiger partial charge in [0.2, 0.25) is 5.13 Å². The van der Waals surface area contributed by atoms with E-state index in [9.17, 15) is 10.1 Å². The van der Waals surface area contributed by atoms with Crippen molar-refractivity contribution in [1.29, 1.82) is 0 Å². The van der Waals surface area contributed by atoms with Gasteiger partial charge in [0, 0.05) is 22.6 Å². The summed E-state index contributed by atoms with van der Waals surface area (Å²) >= 11 is 8.79. The molecule has 0 fully saturated rings. The van der Waals surface area contributed by atoms with Crippen molar-refractivity contribution in [3.8, 4) is 0 Å². The Morgan fingerprint density at radius 1 is 1.38 bits per heavy atom. The second-order valence-electron chi connectivity index (χ2n) is 5.22. The number of non-ortho nitro benzene ring substituents is 1. The van der Waals surface area contributed by atoms with Gasteiger partial charge in [-0.3, -0.25) is 10.1 Å². The predicted octanol–water partition coefficient (Wildman–Crippen LogP) is 4.46. The lowest BCUT2D eigenvalue weighted by molar-refractivity contribution is -0.384. The number of anilines is 1. The lowest BCUT2D eigenvalue weighted by Gasteiger charge is -2.18. The number of hydrogen-bond donors (Lipinski definition) is 1. The van der Waals surface area contributed by atoms with E-state index in [1.54, 1.807) is 6.07 Å². The van der Waals surface area contributed by atoms with Crippen molar-refractivity contribution in [2.45, 2.75) is 35.5 Å². The van der Waals surface area contributed by atoms with Crippen LogP contribution in [-0.2, 0) is 0 Å². The van der Waals surface area contributed by atoms with Crippen LogP contribution in [0.1, 0.15) is 20.8 Å². The predicted molar refractivity (Wildman–Crippen MR) is 85.5 cm³/mol. The molecule has 1 aromatic carbocycles. The summed E-state index contributed by atoms with van der Waals surface area (Å²) < 4.78 is 0.720. The molecular weight excluding hydrogens is 332 g/mol. The number of aromatic nitrogens is 2. The van der Waals surface area contributed by atoms with E-state index in [2.05, 4.69) is 15.5 Å². The minimum absolute atomic E-state index is 0.0308. The van der Waals surface area contributed by atoms with Crippen LogP contribution in [0, 0.1) is 10.1 Å². The van der Waals surface area contributed by atoms with Gasteiger partial charge in [0.05, 0.1) is 9.95 Å². The van der Waals surface area contributed by atoms with E-state index in [0.717, 1.165) is 9.47 Å². The summed E-state index contributed by atoms with van der Waals surface area (Å²) in [4.78, 5) is 10.9. The first-order valence-corrected chi connectivity index (χ1v) is 7.99. The molecule has 9 heteroatoms. The van der Waals surface area contributed by atoms with Crippen molar-refractivity contribution < 1.29 is 4.92 Å². The first-order valence-electron chi connectivity index (χ1n) is 5.98. The lowest BCUT2D eigenvalue weighted by atomic mass is 10.1. The SMILES string of the molecule is CC(C)(C)Nc1nnc(Sc2ccc([N+](=O)[O-])cc2Cl)s1. The molecule has 2 aromatic rings. The van der Waals surface area contributed by atoms with E-state index in [4.69, 9.17) is 11.6 Å². The molecule has 0 atom stereocenters. The van der Waals surface area contributed by atoms with Crippen molar-refractivity contribution in [1.82, 2.24) is 10.2 Å². The van der Waals surface area contributed by atoms with E-state index < -0.39 is 4.92 Å². The highest BCUT2D eigenvalue weighted by atomic mass is 35.5. The number of halogens is 1. The summed E-state index contributed by atoms with van der Waals surface area (Å²) in [5, 5.41) is 23.1. The number of nitro benzene ring substituents is 1. The molecule has 0 spiro atoms. The highest BCUT2D eigenvalue weighted by Gasteiger charge is 2.15. The number of nitrogens with one attached hydrogen (secondary N) is 1. The van der Waals surface area contributed by atoms with Crippen LogP contribution >= 0.6 is 34.7 Å². The van der Waals surface area contributed by atoms with E-state index >= 15 is 0 Å². The van der Waals surface area contributed by atoms with E-state index in [-0.39, 0.29) is 11.2 Å². The van der Waals surface area contributed by atoms with E-state index in [1.807, 2.05) is 20.8 Å². The quantitative estimate of drug-likeness (QED) is 0.651.